The van der Waals surface area contributed by atoms with Crippen LogP contribution < -0.4 is 11.1 Å². The molecule has 15 heavy (non-hydrogen) atoms. The summed E-state index contributed by atoms with van der Waals surface area (Å²) in [6.07, 6.45) is 0.352. The van der Waals surface area contributed by atoms with Crippen LogP contribution in [0, 0.1) is 0 Å². The molecule has 1 aromatic rings. The normalized spacial score (nSPS) is 12.4. The first-order valence-corrected chi connectivity index (χ1v) is 5.24. The van der Waals surface area contributed by atoms with E-state index in [1.165, 1.54) is 0 Å². The van der Waals surface area contributed by atoms with Crippen LogP contribution in [0.15, 0.2) is 24.3 Å². The third kappa shape index (κ3) is 4.32. The maximum Gasteiger partial charge on any atom is 0.218 e. The van der Waals surface area contributed by atoms with Gasteiger partial charge in [-0.05, 0) is 24.6 Å². The molecule has 1 unspecified atom stereocenters. The fourth-order valence-electron chi connectivity index (χ4n) is 1.31. The lowest BCUT2D eigenvalue weighted by Crippen LogP contribution is -2.24. The van der Waals surface area contributed by atoms with Crippen molar-refractivity contribution in [2.24, 2.45) is 5.73 Å². The van der Waals surface area contributed by atoms with Crippen LogP contribution in [0.4, 0.5) is 0 Å². The highest BCUT2D eigenvalue weighted by Gasteiger charge is 2.05. The maximum atomic E-state index is 10.5. The zero-order chi connectivity index (χ0) is 11.3. The Morgan fingerprint density at radius 1 is 1.60 bits per heavy atom. The number of nitrogens with one attached hydrogen (secondary N) is 1. The summed E-state index contributed by atoms with van der Waals surface area (Å²) in [6, 6.07) is 7.81. The molecule has 0 aliphatic rings. The number of carbonyl (C=O) groups excluding carboxylic acids is 1. The van der Waals surface area contributed by atoms with Crippen LogP contribution in [0.2, 0.25) is 5.02 Å². The highest BCUT2D eigenvalue weighted by atomic mass is 35.5. The lowest BCUT2D eigenvalue weighted by atomic mass is 10.1. The molecule has 3 nitrogen and oxygen atoms in total. The Hall–Kier alpha value is -1.06. The highest BCUT2D eigenvalue weighted by molar-refractivity contribution is 6.30. The second-order valence-electron chi connectivity index (χ2n) is 3.45. The number of benzene rings is 1. The van der Waals surface area contributed by atoms with Gasteiger partial charge in [0.25, 0.3) is 0 Å². The number of amides is 1. The Balaban J connectivity index is 2.46. The van der Waals surface area contributed by atoms with E-state index in [0.29, 0.717) is 13.0 Å². The number of carbonyl (C=O) groups is 1. The lowest BCUT2D eigenvalue weighted by molar-refractivity contribution is -0.117. The van der Waals surface area contributed by atoms with E-state index in [2.05, 4.69) is 5.32 Å². The molecule has 1 aromatic carbocycles. The summed E-state index contributed by atoms with van der Waals surface area (Å²) < 4.78 is 0. The van der Waals surface area contributed by atoms with Crippen molar-refractivity contribution in [3.8, 4) is 0 Å². The van der Waals surface area contributed by atoms with Crippen LogP contribution in [0.3, 0.4) is 0 Å². The number of rotatable bonds is 5. The molecule has 0 spiro atoms. The van der Waals surface area contributed by atoms with Gasteiger partial charge in [-0.3, -0.25) is 4.79 Å². The fourth-order valence-corrected chi connectivity index (χ4v) is 1.50. The first-order valence-electron chi connectivity index (χ1n) is 4.86. The number of halogens is 1. The minimum absolute atomic E-state index is 0.169. The molecule has 0 bridgehead atoms. The Kier molecular flexibility index (Phi) is 4.59. The Morgan fingerprint density at radius 3 is 2.93 bits per heavy atom. The molecule has 1 rings (SSSR count). The predicted octanol–water partition coefficient (Wildman–Crippen LogP) is 1.87. The van der Waals surface area contributed by atoms with Gasteiger partial charge >= 0.3 is 0 Å². The van der Waals surface area contributed by atoms with Crippen LogP contribution >= 0.6 is 11.6 Å². The van der Waals surface area contributed by atoms with Crippen LogP contribution in [-0.4, -0.2) is 12.5 Å². The second kappa shape index (κ2) is 5.73. The van der Waals surface area contributed by atoms with Gasteiger partial charge in [-0.15, -0.1) is 0 Å². The van der Waals surface area contributed by atoms with E-state index in [4.69, 9.17) is 17.3 Å². The molecule has 0 fully saturated rings. The number of hydrogen-bond acceptors (Lipinski definition) is 2. The number of hydrogen-bond donors (Lipinski definition) is 2. The van der Waals surface area contributed by atoms with Crippen LogP contribution in [0.5, 0.6) is 0 Å². The molecular formula is C11H15ClN2O. The zero-order valence-electron chi connectivity index (χ0n) is 8.66. The largest absolute Gasteiger partial charge is 0.370 e. The minimum Gasteiger partial charge on any atom is -0.370 e. The quantitative estimate of drug-likeness (QED) is 0.806. The number of primary amides is 1. The Bertz CT molecular complexity index is 341. The fraction of sp³-hybridized carbons (Fsp3) is 0.364. The SMILES string of the molecule is CC(NCCC(N)=O)c1cccc(Cl)c1. The molecule has 0 aliphatic heterocycles. The molecule has 0 heterocycles. The smallest absolute Gasteiger partial charge is 0.218 e. The van der Waals surface area contributed by atoms with Gasteiger partial charge in [0.2, 0.25) is 5.91 Å². The van der Waals surface area contributed by atoms with Crippen LogP contribution in [0.1, 0.15) is 24.9 Å². The van der Waals surface area contributed by atoms with E-state index in [1.54, 1.807) is 0 Å². The molecule has 0 aliphatic carbocycles. The van der Waals surface area contributed by atoms with Gasteiger partial charge < -0.3 is 11.1 Å². The molecule has 3 N–H and O–H groups in total. The summed E-state index contributed by atoms with van der Waals surface area (Å²) >= 11 is 5.87. The number of nitrogens with two attached hydrogens (primary N) is 1. The maximum absolute atomic E-state index is 10.5. The molecule has 82 valence electrons. The Labute approximate surface area is 94.6 Å². The van der Waals surface area contributed by atoms with Crippen molar-refractivity contribution in [3.63, 3.8) is 0 Å². The van der Waals surface area contributed by atoms with E-state index in [9.17, 15) is 4.79 Å². The van der Waals surface area contributed by atoms with E-state index < -0.39 is 0 Å². The topological polar surface area (TPSA) is 55.1 Å². The van der Waals surface area contributed by atoms with Crippen LogP contribution in [0.25, 0.3) is 0 Å². The van der Waals surface area contributed by atoms with E-state index in [0.717, 1.165) is 10.6 Å². The van der Waals surface area contributed by atoms with Gasteiger partial charge in [0.15, 0.2) is 0 Å². The summed E-state index contributed by atoms with van der Waals surface area (Å²) in [5.74, 6) is -0.291. The molecule has 0 aromatic heterocycles. The van der Waals surface area contributed by atoms with Crippen LogP contribution in [-0.2, 0) is 4.79 Å². The van der Waals surface area contributed by atoms with Gasteiger partial charge in [0, 0.05) is 24.0 Å². The first kappa shape index (κ1) is 12.0. The van der Waals surface area contributed by atoms with E-state index in [-0.39, 0.29) is 11.9 Å². The van der Waals surface area contributed by atoms with Crippen molar-refractivity contribution >= 4 is 17.5 Å². The van der Waals surface area contributed by atoms with Crippen molar-refractivity contribution in [2.45, 2.75) is 19.4 Å². The zero-order valence-corrected chi connectivity index (χ0v) is 9.42. The van der Waals surface area contributed by atoms with Crippen molar-refractivity contribution in [2.75, 3.05) is 6.54 Å². The first-order chi connectivity index (χ1) is 7.09. The minimum atomic E-state index is -0.291. The van der Waals surface area contributed by atoms with Gasteiger partial charge in [0.05, 0.1) is 0 Å². The molecular weight excluding hydrogens is 212 g/mol. The summed E-state index contributed by atoms with van der Waals surface area (Å²) in [7, 11) is 0. The lowest BCUT2D eigenvalue weighted by Gasteiger charge is -2.13. The molecule has 0 saturated carbocycles. The van der Waals surface area contributed by atoms with Gasteiger partial charge in [-0.2, -0.15) is 0 Å². The van der Waals surface area contributed by atoms with Crippen molar-refractivity contribution in [1.82, 2.24) is 5.32 Å². The third-order valence-electron chi connectivity index (χ3n) is 2.17. The summed E-state index contributed by atoms with van der Waals surface area (Å²) in [4.78, 5) is 10.5. The molecule has 1 atom stereocenters. The molecule has 1 amide bonds. The summed E-state index contributed by atoms with van der Waals surface area (Å²) in [5.41, 5.74) is 6.15. The highest BCUT2D eigenvalue weighted by Crippen LogP contribution is 2.16. The molecule has 0 radical (unpaired) electrons. The summed E-state index contributed by atoms with van der Waals surface area (Å²) in [6.45, 7) is 2.61. The third-order valence-corrected chi connectivity index (χ3v) is 2.41. The second-order valence-corrected chi connectivity index (χ2v) is 3.88. The van der Waals surface area contributed by atoms with Crippen molar-refractivity contribution < 1.29 is 4.79 Å². The monoisotopic (exact) mass is 226 g/mol. The average molecular weight is 227 g/mol. The van der Waals surface area contributed by atoms with Gasteiger partial charge in [-0.1, -0.05) is 23.7 Å². The van der Waals surface area contributed by atoms with E-state index in [1.807, 2.05) is 31.2 Å². The molecule has 4 heteroatoms. The predicted molar refractivity (Wildman–Crippen MR) is 61.7 cm³/mol. The standard InChI is InChI=1S/C11H15ClN2O/c1-8(14-6-5-11(13)15)9-3-2-4-10(12)7-9/h2-4,7-8,14H,5-6H2,1H3,(H2,13,15). The van der Waals surface area contributed by atoms with Crippen molar-refractivity contribution in [3.05, 3.63) is 34.9 Å². The van der Waals surface area contributed by atoms with Gasteiger partial charge in [-0.25, -0.2) is 0 Å². The molecule has 0 saturated heterocycles. The average Bonchev–Trinajstić information content (AvgIpc) is 2.17. The Morgan fingerprint density at radius 2 is 2.33 bits per heavy atom. The summed E-state index contributed by atoms with van der Waals surface area (Å²) in [5, 5.41) is 3.92. The van der Waals surface area contributed by atoms with E-state index >= 15 is 0 Å². The van der Waals surface area contributed by atoms with Gasteiger partial charge in [0.1, 0.15) is 0 Å². The van der Waals surface area contributed by atoms with Crippen molar-refractivity contribution in [1.29, 1.82) is 0 Å².